The molecule has 0 radical (unpaired) electrons. The molecule has 4 N–H and O–H groups in total. The molecule has 0 saturated carbocycles. The lowest BCUT2D eigenvalue weighted by molar-refractivity contribution is 0.491. The molecule has 0 aliphatic heterocycles. The van der Waals surface area contributed by atoms with Crippen LogP contribution in [0.15, 0.2) is 58.4 Å². The third-order valence-corrected chi connectivity index (χ3v) is 5.27. The van der Waals surface area contributed by atoms with Crippen molar-refractivity contribution in [2.24, 2.45) is 10.7 Å². The van der Waals surface area contributed by atoms with Crippen LogP contribution < -0.4 is 15.8 Å². The number of rotatable bonds is 5. The van der Waals surface area contributed by atoms with E-state index in [2.05, 4.69) is 15.0 Å². The minimum Gasteiger partial charge on any atom is -0.370 e. The number of hydrogen-bond donors (Lipinski definition) is 3. The number of aliphatic imine (C=N–C) groups is 1. The summed E-state index contributed by atoms with van der Waals surface area (Å²) in [4.78, 5) is 4.49. The third kappa shape index (κ3) is 7.47. The molecule has 0 bridgehead atoms. The first kappa shape index (κ1) is 23.4. The highest BCUT2D eigenvalue weighted by molar-refractivity contribution is 14.0. The minimum atomic E-state index is -3.64. The lowest BCUT2D eigenvalue weighted by Gasteiger charge is -2.21. The molecule has 2 rings (SSSR count). The molecule has 6 nitrogen and oxygen atoms in total. The van der Waals surface area contributed by atoms with Crippen molar-refractivity contribution in [2.75, 3.05) is 5.32 Å². The molecule has 8 heteroatoms. The van der Waals surface area contributed by atoms with Crippen molar-refractivity contribution in [3.63, 3.8) is 0 Å². The number of halogens is 1. The maximum absolute atomic E-state index is 12.6. The number of hydrogen-bond acceptors (Lipinski definition) is 3. The fourth-order valence-electron chi connectivity index (χ4n) is 2.44. The zero-order valence-electron chi connectivity index (χ0n) is 16.0. The van der Waals surface area contributed by atoms with Gasteiger partial charge in [-0.05, 0) is 57.0 Å². The van der Waals surface area contributed by atoms with Gasteiger partial charge < -0.3 is 11.1 Å². The quantitative estimate of drug-likeness (QED) is 0.331. The fraction of sp³-hybridized carbons (Fsp3) is 0.316. The normalized spacial score (nSPS) is 12.4. The molecule has 0 aromatic heterocycles. The van der Waals surface area contributed by atoms with Crippen molar-refractivity contribution < 1.29 is 8.42 Å². The van der Waals surface area contributed by atoms with Gasteiger partial charge in [-0.3, -0.25) is 0 Å². The van der Waals surface area contributed by atoms with E-state index in [0.29, 0.717) is 5.56 Å². The number of nitrogens with two attached hydrogens (primary N) is 1. The summed E-state index contributed by atoms with van der Waals surface area (Å²) in [5.41, 5.74) is 7.89. The number of sulfonamides is 1. The van der Waals surface area contributed by atoms with Gasteiger partial charge in [-0.1, -0.05) is 30.3 Å². The Morgan fingerprint density at radius 2 is 1.78 bits per heavy atom. The summed E-state index contributed by atoms with van der Waals surface area (Å²) in [5.74, 6) is 0.228. The maximum atomic E-state index is 12.6. The highest BCUT2D eigenvalue weighted by Crippen LogP contribution is 2.18. The molecule has 0 aliphatic carbocycles. The van der Waals surface area contributed by atoms with E-state index in [0.717, 1.165) is 11.3 Å². The average Bonchev–Trinajstić information content (AvgIpc) is 2.51. The van der Waals surface area contributed by atoms with E-state index in [1.165, 1.54) is 0 Å². The summed E-state index contributed by atoms with van der Waals surface area (Å²) >= 11 is 0. The zero-order chi connectivity index (χ0) is 19.4. The molecule has 0 saturated heterocycles. The average molecular weight is 502 g/mol. The predicted molar refractivity (Wildman–Crippen MR) is 122 cm³/mol. The number of benzene rings is 2. The topological polar surface area (TPSA) is 96.6 Å². The zero-order valence-corrected chi connectivity index (χ0v) is 19.1. The minimum absolute atomic E-state index is 0. The van der Waals surface area contributed by atoms with Gasteiger partial charge in [0.15, 0.2) is 5.96 Å². The lowest BCUT2D eigenvalue weighted by Crippen LogP contribution is -2.40. The molecule has 148 valence electrons. The predicted octanol–water partition coefficient (Wildman–Crippen LogP) is 3.62. The second-order valence-electron chi connectivity index (χ2n) is 7.16. The van der Waals surface area contributed by atoms with Gasteiger partial charge in [-0.15, -0.1) is 24.0 Å². The van der Waals surface area contributed by atoms with Gasteiger partial charge in [0, 0.05) is 11.2 Å². The van der Waals surface area contributed by atoms with Crippen LogP contribution in [-0.2, 0) is 16.6 Å². The number of guanidine groups is 1. The molecule has 0 atom stereocenters. The Bertz CT molecular complexity index is 906. The van der Waals surface area contributed by atoms with E-state index in [1.54, 1.807) is 45.0 Å². The Morgan fingerprint density at radius 1 is 1.11 bits per heavy atom. The lowest BCUT2D eigenvalue weighted by atomic mass is 10.1. The Labute approximate surface area is 178 Å². The standard InChI is InChI=1S/C19H26N4O2S.HI/c1-14-8-7-10-16(12-14)22-18(20)21-13-15-9-5-6-11-17(15)26(24,25)23-19(2,3)4;/h5-12,23H,13H2,1-4H3,(H3,20,21,22);1H. The van der Waals surface area contributed by atoms with Crippen molar-refractivity contribution in [2.45, 2.75) is 44.7 Å². The van der Waals surface area contributed by atoms with E-state index < -0.39 is 15.6 Å². The number of aryl methyl sites for hydroxylation is 1. The van der Waals surface area contributed by atoms with E-state index in [9.17, 15) is 8.42 Å². The molecule has 0 unspecified atom stereocenters. The number of nitrogens with one attached hydrogen (secondary N) is 2. The highest BCUT2D eigenvalue weighted by atomic mass is 127. The molecule has 0 aliphatic rings. The molecule has 0 fully saturated rings. The van der Waals surface area contributed by atoms with Crippen molar-refractivity contribution >= 4 is 45.6 Å². The van der Waals surface area contributed by atoms with Crippen LogP contribution >= 0.6 is 24.0 Å². The first-order valence-electron chi connectivity index (χ1n) is 8.32. The summed E-state index contributed by atoms with van der Waals surface area (Å²) in [5, 5.41) is 3.01. The van der Waals surface area contributed by atoms with Crippen molar-refractivity contribution in [1.29, 1.82) is 0 Å². The first-order chi connectivity index (χ1) is 12.1. The van der Waals surface area contributed by atoms with Crippen LogP contribution in [0.1, 0.15) is 31.9 Å². The molecule has 27 heavy (non-hydrogen) atoms. The molecule has 2 aromatic carbocycles. The highest BCUT2D eigenvalue weighted by Gasteiger charge is 2.24. The molecular formula is C19H27IN4O2S. The van der Waals surface area contributed by atoms with Crippen molar-refractivity contribution in [3.05, 3.63) is 59.7 Å². The van der Waals surface area contributed by atoms with Crippen LogP contribution in [0.2, 0.25) is 0 Å². The van der Waals surface area contributed by atoms with Gasteiger partial charge in [-0.25, -0.2) is 18.1 Å². The molecule has 2 aromatic rings. The second-order valence-corrected chi connectivity index (χ2v) is 8.81. The summed E-state index contributed by atoms with van der Waals surface area (Å²) in [6.45, 7) is 7.55. The fourth-order valence-corrected chi connectivity index (χ4v) is 4.09. The van der Waals surface area contributed by atoms with Gasteiger partial charge in [0.1, 0.15) is 0 Å². The summed E-state index contributed by atoms with van der Waals surface area (Å²) in [6.07, 6.45) is 0. The van der Waals surface area contributed by atoms with Crippen LogP contribution in [0.5, 0.6) is 0 Å². The maximum Gasteiger partial charge on any atom is 0.241 e. The van der Waals surface area contributed by atoms with Gasteiger partial charge >= 0.3 is 0 Å². The van der Waals surface area contributed by atoms with E-state index in [4.69, 9.17) is 5.73 Å². The Morgan fingerprint density at radius 3 is 2.41 bits per heavy atom. The largest absolute Gasteiger partial charge is 0.370 e. The molecule has 0 amide bonds. The third-order valence-electron chi connectivity index (χ3n) is 3.41. The van der Waals surface area contributed by atoms with Gasteiger partial charge in [0.25, 0.3) is 0 Å². The Kier molecular flexibility index (Phi) is 8.24. The summed E-state index contributed by atoms with van der Waals surface area (Å²) in [7, 11) is -3.64. The first-order valence-corrected chi connectivity index (χ1v) is 9.81. The van der Waals surface area contributed by atoms with Gasteiger partial charge in [-0.2, -0.15) is 0 Å². The Balaban J connectivity index is 0.00000364. The molecule has 0 heterocycles. The van der Waals surface area contributed by atoms with Crippen molar-refractivity contribution in [1.82, 2.24) is 4.72 Å². The monoisotopic (exact) mass is 502 g/mol. The van der Waals surface area contributed by atoms with Crippen LogP contribution in [0.25, 0.3) is 0 Å². The molecule has 0 spiro atoms. The SMILES string of the molecule is Cc1cccc(NC(N)=NCc2ccccc2S(=O)(=O)NC(C)(C)C)c1.I. The Hall–Kier alpha value is -1.65. The van der Waals surface area contributed by atoms with Crippen LogP contribution in [0.3, 0.4) is 0 Å². The van der Waals surface area contributed by atoms with Crippen LogP contribution in [0, 0.1) is 6.92 Å². The van der Waals surface area contributed by atoms with Crippen LogP contribution in [0.4, 0.5) is 5.69 Å². The smallest absolute Gasteiger partial charge is 0.241 e. The van der Waals surface area contributed by atoms with Crippen LogP contribution in [-0.4, -0.2) is 19.9 Å². The summed E-state index contributed by atoms with van der Waals surface area (Å²) in [6, 6.07) is 14.5. The number of anilines is 1. The van der Waals surface area contributed by atoms with E-state index >= 15 is 0 Å². The van der Waals surface area contributed by atoms with Gasteiger partial charge in [0.05, 0.1) is 11.4 Å². The summed E-state index contributed by atoms with van der Waals surface area (Å²) < 4.78 is 27.9. The van der Waals surface area contributed by atoms with E-state index in [-0.39, 0.29) is 41.4 Å². The van der Waals surface area contributed by atoms with E-state index in [1.807, 2.05) is 31.2 Å². The van der Waals surface area contributed by atoms with Gasteiger partial charge in [0.2, 0.25) is 10.0 Å². The second kappa shape index (κ2) is 9.52. The molecular weight excluding hydrogens is 475 g/mol. The number of nitrogens with zero attached hydrogens (tertiary/aromatic N) is 1. The van der Waals surface area contributed by atoms with Crippen molar-refractivity contribution in [3.8, 4) is 0 Å².